The number of carbonyl (C=O) groups excluding carboxylic acids is 1. The number of ether oxygens (including phenoxy) is 1. The van der Waals surface area contributed by atoms with Gasteiger partial charge in [0.1, 0.15) is 16.0 Å². The second-order valence-corrected chi connectivity index (χ2v) is 6.96. The van der Waals surface area contributed by atoms with Crippen LogP contribution in [0.5, 0.6) is 0 Å². The molecule has 22 heavy (non-hydrogen) atoms. The molecule has 0 bridgehead atoms. The van der Waals surface area contributed by atoms with Crippen molar-refractivity contribution in [3.8, 4) is 0 Å². The second kappa shape index (κ2) is 6.75. The maximum atomic E-state index is 12.5. The van der Waals surface area contributed by atoms with Crippen molar-refractivity contribution in [2.24, 2.45) is 5.92 Å². The van der Waals surface area contributed by atoms with Crippen LogP contribution in [0.25, 0.3) is 0 Å². The van der Waals surface area contributed by atoms with E-state index in [1.54, 1.807) is 6.20 Å². The summed E-state index contributed by atoms with van der Waals surface area (Å²) in [7, 11) is 0. The van der Waals surface area contributed by atoms with E-state index >= 15 is 0 Å². The highest BCUT2D eigenvalue weighted by Gasteiger charge is 2.27. The number of nitrogens with zero attached hydrogens (tertiary/aromatic N) is 2. The van der Waals surface area contributed by atoms with Gasteiger partial charge in [-0.15, -0.1) is 11.3 Å². The van der Waals surface area contributed by atoms with Crippen LogP contribution in [0, 0.1) is 5.92 Å². The number of amides is 1. The van der Waals surface area contributed by atoms with Gasteiger partial charge in [0.25, 0.3) is 5.91 Å². The molecule has 2 aliphatic heterocycles. The lowest BCUT2D eigenvalue weighted by molar-refractivity contribution is -0.138. The molecule has 1 atom stereocenters. The molecule has 0 aromatic carbocycles. The summed E-state index contributed by atoms with van der Waals surface area (Å²) in [5.41, 5.74) is 0. The minimum Gasteiger partial charge on any atom is -0.481 e. The molecule has 7 heteroatoms. The molecule has 1 N–H and O–H groups in total. The zero-order chi connectivity index (χ0) is 15.5. The van der Waals surface area contributed by atoms with Crippen LogP contribution in [0.2, 0.25) is 0 Å². The normalized spacial score (nSPS) is 22.9. The molecular weight excluding hydrogens is 304 g/mol. The van der Waals surface area contributed by atoms with Crippen molar-refractivity contribution in [2.45, 2.75) is 38.2 Å². The van der Waals surface area contributed by atoms with Crippen molar-refractivity contribution in [1.82, 2.24) is 9.88 Å². The van der Waals surface area contributed by atoms with Gasteiger partial charge in [0, 0.05) is 26.1 Å². The van der Waals surface area contributed by atoms with E-state index in [9.17, 15) is 9.59 Å². The third-order valence-corrected chi connectivity index (χ3v) is 5.38. The highest BCUT2D eigenvalue weighted by atomic mass is 32.1. The van der Waals surface area contributed by atoms with E-state index in [2.05, 4.69) is 4.98 Å². The Morgan fingerprint density at radius 1 is 1.36 bits per heavy atom. The number of hydrogen-bond acceptors (Lipinski definition) is 5. The van der Waals surface area contributed by atoms with E-state index in [1.807, 2.05) is 4.90 Å². The molecule has 120 valence electrons. The van der Waals surface area contributed by atoms with Gasteiger partial charge in [0.05, 0.1) is 6.20 Å². The third kappa shape index (κ3) is 3.47. The molecular formula is C15H20N2O4S. The van der Waals surface area contributed by atoms with Crippen molar-refractivity contribution < 1.29 is 19.4 Å². The van der Waals surface area contributed by atoms with Gasteiger partial charge >= 0.3 is 5.97 Å². The summed E-state index contributed by atoms with van der Waals surface area (Å²) in [6.07, 6.45) is 5.43. The minimum absolute atomic E-state index is 0.00974. The fraction of sp³-hybridized carbons (Fsp3) is 0.667. The van der Waals surface area contributed by atoms with Crippen LogP contribution >= 0.6 is 11.3 Å². The smallest absolute Gasteiger partial charge is 0.303 e. The van der Waals surface area contributed by atoms with Crippen LogP contribution in [0.1, 0.15) is 52.9 Å². The number of carboxylic acid groups (broad SMARTS) is 1. The van der Waals surface area contributed by atoms with Crippen LogP contribution in [-0.4, -0.2) is 46.6 Å². The molecule has 0 aliphatic carbocycles. The highest BCUT2D eigenvalue weighted by Crippen LogP contribution is 2.32. The Morgan fingerprint density at radius 3 is 2.77 bits per heavy atom. The Labute approximate surface area is 133 Å². The molecule has 6 nitrogen and oxygen atoms in total. The number of thiazole rings is 1. The zero-order valence-electron chi connectivity index (χ0n) is 12.4. The van der Waals surface area contributed by atoms with Crippen molar-refractivity contribution in [3.05, 3.63) is 16.1 Å². The molecule has 0 saturated carbocycles. The number of hydrogen-bond donors (Lipinski definition) is 1. The van der Waals surface area contributed by atoms with Gasteiger partial charge in [-0.2, -0.15) is 0 Å². The number of likely N-dealkylation sites (tertiary alicyclic amines) is 1. The number of piperidine rings is 1. The van der Waals surface area contributed by atoms with E-state index < -0.39 is 5.97 Å². The predicted octanol–water partition coefficient (Wildman–Crippen LogP) is 2.32. The Morgan fingerprint density at radius 2 is 2.14 bits per heavy atom. The van der Waals surface area contributed by atoms with Crippen molar-refractivity contribution in [3.63, 3.8) is 0 Å². The van der Waals surface area contributed by atoms with E-state index in [4.69, 9.17) is 9.84 Å². The molecule has 1 amide bonds. The third-order valence-electron chi connectivity index (χ3n) is 4.30. The van der Waals surface area contributed by atoms with Gasteiger partial charge < -0.3 is 14.7 Å². The molecule has 3 heterocycles. The Bertz CT molecular complexity index is 545. The Kier molecular flexibility index (Phi) is 4.73. The maximum Gasteiger partial charge on any atom is 0.303 e. The van der Waals surface area contributed by atoms with Gasteiger partial charge in [0.15, 0.2) is 0 Å². The van der Waals surface area contributed by atoms with Crippen LogP contribution in [0.3, 0.4) is 0 Å². The lowest BCUT2D eigenvalue weighted by Crippen LogP contribution is -2.38. The molecule has 2 saturated heterocycles. The number of carbonyl (C=O) groups is 2. The maximum absolute atomic E-state index is 12.5. The highest BCUT2D eigenvalue weighted by molar-refractivity contribution is 7.13. The molecule has 2 fully saturated rings. The summed E-state index contributed by atoms with van der Waals surface area (Å²) < 4.78 is 5.60. The van der Waals surface area contributed by atoms with E-state index in [-0.39, 0.29) is 24.3 Å². The van der Waals surface area contributed by atoms with Crippen LogP contribution in [0.4, 0.5) is 0 Å². The number of rotatable bonds is 4. The van der Waals surface area contributed by atoms with Gasteiger partial charge in [-0.3, -0.25) is 9.59 Å². The van der Waals surface area contributed by atoms with E-state index in [0.29, 0.717) is 18.0 Å². The average Bonchev–Trinajstić information content (AvgIpc) is 3.18. The summed E-state index contributed by atoms with van der Waals surface area (Å²) in [5, 5.41) is 9.72. The van der Waals surface area contributed by atoms with Crippen LogP contribution < -0.4 is 0 Å². The minimum atomic E-state index is -0.756. The molecule has 2 aliphatic rings. The molecule has 1 aromatic heterocycles. The molecule has 0 spiro atoms. The molecule has 1 aromatic rings. The van der Waals surface area contributed by atoms with E-state index in [1.165, 1.54) is 11.3 Å². The quantitative estimate of drug-likeness (QED) is 0.919. The first-order valence-corrected chi connectivity index (χ1v) is 8.53. The van der Waals surface area contributed by atoms with Crippen molar-refractivity contribution in [1.29, 1.82) is 0 Å². The Hall–Kier alpha value is -1.47. The average molecular weight is 324 g/mol. The lowest BCUT2D eigenvalue weighted by atomic mass is 9.93. The zero-order valence-corrected chi connectivity index (χ0v) is 13.2. The van der Waals surface area contributed by atoms with Gasteiger partial charge in [-0.05, 0) is 31.6 Å². The summed E-state index contributed by atoms with van der Waals surface area (Å²) in [5.74, 6) is -0.561. The summed E-state index contributed by atoms with van der Waals surface area (Å²) in [6, 6.07) is 0. The fourth-order valence-electron chi connectivity index (χ4n) is 3.05. The van der Waals surface area contributed by atoms with Gasteiger partial charge in [-0.25, -0.2) is 4.98 Å². The largest absolute Gasteiger partial charge is 0.481 e. The fourth-order valence-corrected chi connectivity index (χ4v) is 4.02. The number of aromatic nitrogens is 1. The van der Waals surface area contributed by atoms with Gasteiger partial charge in [-0.1, -0.05) is 0 Å². The molecule has 1 unspecified atom stereocenters. The first-order valence-electron chi connectivity index (χ1n) is 7.72. The summed E-state index contributed by atoms with van der Waals surface area (Å²) in [4.78, 5) is 30.0. The van der Waals surface area contributed by atoms with Crippen molar-refractivity contribution >= 4 is 23.2 Å². The molecule has 3 rings (SSSR count). The van der Waals surface area contributed by atoms with Crippen molar-refractivity contribution in [2.75, 3.05) is 19.7 Å². The summed E-state index contributed by atoms with van der Waals surface area (Å²) >= 11 is 1.42. The predicted molar refractivity (Wildman–Crippen MR) is 80.9 cm³/mol. The first-order chi connectivity index (χ1) is 10.6. The first kappa shape index (κ1) is 15.4. The standard InChI is InChI=1S/C15H20N2O4S/c18-13(19)8-10-3-5-17(6-4-10)15(20)12-9-16-14(22-12)11-2-1-7-21-11/h9-11H,1-8H2,(H,18,19). The molecule has 0 radical (unpaired) electrons. The van der Waals surface area contributed by atoms with E-state index in [0.717, 1.165) is 37.3 Å². The number of carboxylic acids is 1. The monoisotopic (exact) mass is 324 g/mol. The van der Waals surface area contributed by atoms with Gasteiger partial charge in [0.2, 0.25) is 0 Å². The second-order valence-electron chi connectivity index (χ2n) is 5.90. The SMILES string of the molecule is O=C(O)CC1CCN(C(=O)c2cnc(C3CCCO3)s2)CC1. The van der Waals surface area contributed by atoms with Crippen LogP contribution in [0.15, 0.2) is 6.20 Å². The number of aliphatic carboxylic acids is 1. The van der Waals surface area contributed by atoms with Crippen LogP contribution in [-0.2, 0) is 9.53 Å². The Balaban J connectivity index is 1.57. The lowest BCUT2D eigenvalue weighted by Gasteiger charge is -2.30. The topological polar surface area (TPSA) is 79.7 Å². The summed E-state index contributed by atoms with van der Waals surface area (Å²) in [6.45, 7) is 2.03.